The predicted octanol–water partition coefficient (Wildman–Crippen LogP) is 2.68. The van der Waals surface area contributed by atoms with Crippen molar-refractivity contribution in [2.75, 3.05) is 12.4 Å². The Kier molecular flexibility index (Phi) is 5.52. The normalized spacial score (nSPS) is 10.3. The van der Waals surface area contributed by atoms with E-state index in [1.54, 1.807) is 6.07 Å². The molecule has 0 radical (unpaired) electrons. The first-order valence-electron chi connectivity index (χ1n) is 5.99. The van der Waals surface area contributed by atoms with Crippen molar-refractivity contribution < 1.29 is 14.7 Å². The first-order chi connectivity index (χ1) is 10.4. The van der Waals surface area contributed by atoms with Crippen molar-refractivity contribution in [3.05, 3.63) is 27.2 Å². The number of nitrogens with one attached hydrogen (secondary N) is 2. The Morgan fingerprint density at radius 2 is 2.23 bits per heavy atom. The predicted molar refractivity (Wildman–Crippen MR) is 84.6 cm³/mol. The summed E-state index contributed by atoms with van der Waals surface area (Å²) in [6.45, 7) is 0.416. The molecule has 3 N–H and O–H groups in total. The van der Waals surface area contributed by atoms with E-state index in [0.29, 0.717) is 21.8 Å². The first-order valence-corrected chi connectivity index (χ1v) is 7.96. The number of carbonyl (C=O) groups excluding carboxylic acids is 1. The minimum Gasteiger partial charge on any atom is -0.465 e. The highest BCUT2D eigenvalue weighted by atomic mass is 35.5. The van der Waals surface area contributed by atoms with E-state index in [9.17, 15) is 9.59 Å². The minimum atomic E-state index is -1.07. The molecule has 8 nitrogen and oxygen atoms in total. The number of aromatic nitrogens is 2. The summed E-state index contributed by atoms with van der Waals surface area (Å²) in [5.74, 6) is 0.329. The van der Waals surface area contributed by atoms with Gasteiger partial charge in [-0.1, -0.05) is 11.6 Å². The number of thiophene rings is 1. The van der Waals surface area contributed by atoms with Crippen LogP contribution in [0.15, 0.2) is 12.1 Å². The van der Waals surface area contributed by atoms with Gasteiger partial charge >= 0.3 is 12.1 Å². The molecule has 118 valence electrons. The highest BCUT2D eigenvalue weighted by Crippen LogP contribution is 2.21. The van der Waals surface area contributed by atoms with Gasteiger partial charge in [-0.05, 0) is 12.1 Å². The molecule has 0 saturated carbocycles. The van der Waals surface area contributed by atoms with Crippen molar-refractivity contribution in [2.24, 2.45) is 0 Å². The zero-order valence-electron chi connectivity index (χ0n) is 11.4. The van der Waals surface area contributed by atoms with Gasteiger partial charge in [0.25, 0.3) is 0 Å². The van der Waals surface area contributed by atoms with E-state index in [-0.39, 0.29) is 6.54 Å². The van der Waals surface area contributed by atoms with Crippen LogP contribution in [0, 0.1) is 0 Å². The van der Waals surface area contributed by atoms with Gasteiger partial charge in [0.15, 0.2) is 5.82 Å². The molecule has 0 atom stereocenters. The van der Waals surface area contributed by atoms with Crippen molar-refractivity contribution in [1.82, 2.24) is 19.6 Å². The third kappa shape index (κ3) is 4.83. The molecule has 2 aromatic rings. The van der Waals surface area contributed by atoms with Gasteiger partial charge in [-0.2, -0.15) is 4.37 Å². The van der Waals surface area contributed by atoms with Crippen LogP contribution in [-0.2, 0) is 13.1 Å². The lowest BCUT2D eigenvalue weighted by atomic mass is 10.5. The van der Waals surface area contributed by atoms with E-state index in [1.165, 1.54) is 18.4 Å². The van der Waals surface area contributed by atoms with Crippen LogP contribution < -0.4 is 10.6 Å². The molecule has 0 aliphatic rings. The molecule has 0 bridgehead atoms. The fourth-order valence-corrected chi connectivity index (χ4v) is 3.01. The third-order valence-electron chi connectivity index (χ3n) is 2.45. The van der Waals surface area contributed by atoms with E-state index in [1.807, 2.05) is 6.07 Å². The number of rotatable bonds is 5. The number of hydrogen-bond acceptors (Lipinski definition) is 6. The van der Waals surface area contributed by atoms with Gasteiger partial charge in [-0.25, -0.2) is 14.6 Å². The standard InChI is InChI=1S/C11H12ClN5O3S2/c1-17(11(19)20)5-8-14-10(22-16-8)15-9(18)13-4-6-2-3-7(12)21-6/h2-3H,4-5H2,1H3,(H,19,20)(H2,13,14,15,16,18). The average molecular weight is 362 g/mol. The Morgan fingerprint density at radius 1 is 1.45 bits per heavy atom. The quantitative estimate of drug-likeness (QED) is 0.758. The SMILES string of the molecule is CN(Cc1nsc(NC(=O)NCc2ccc(Cl)s2)n1)C(=O)O. The number of anilines is 1. The Balaban J connectivity index is 1.81. The van der Waals surface area contributed by atoms with E-state index >= 15 is 0 Å². The van der Waals surface area contributed by atoms with Crippen LogP contribution in [0.5, 0.6) is 0 Å². The molecule has 11 heteroatoms. The second-order valence-electron chi connectivity index (χ2n) is 4.17. The lowest BCUT2D eigenvalue weighted by Gasteiger charge is -2.09. The van der Waals surface area contributed by atoms with Crippen molar-refractivity contribution in [2.45, 2.75) is 13.1 Å². The van der Waals surface area contributed by atoms with Gasteiger partial charge in [-0.3, -0.25) is 5.32 Å². The zero-order valence-corrected chi connectivity index (χ0v) is 13.8. The number of carboxylic acid groups (broad SMARTS) is 1. The highest BCUT2D eigenvalue weighted by Gasteiger charge is 2.12. The molecule has 0 aromatic carbocycles. The van der Waals surface area contributed by atoms with Crippen LogP contribution in [0.1, 0.15) is 10.7 Å². The Bertz CT molecular complexity index is 674. The van der Waals surface area contributed by atoms with Gasteiger partial charge in [-0.15, -0.1) is 11.3 Å². The fourth-order valence-electron chi connectivity index (χ4n) is 1.40. The van der Waals surface area contributed by atoms with Crippen LogP contribution in [0.25, 0.3) is 0 Å². The molecule has 0 fully saturated rings. The lowest BCUT2D eigenvalue weighted by molar-refractivity contribution is 0.153. The summed E-state index contributed by atoms with van der Waals surface area (Å²) in [5, 5.41) is 14.3. The van der Waals surface area contributed by atoms with Crippen LogP contribution in [-0.4, -0.2) is 38.5 Å². The zero-order chi connectivity index (χ0) is 16.1. The first kappa shape index (κ1) is 16.5. The summed E-state index contributed by atoms with van der Waals surface area (Å²) in [5.41, 5.74) is 0. The van der Waals surface area contributed by atoms with Crippen molar-refractivity contribution in [3.8, 4) is 0 Å². The van der Waals surface area contributed by atoms with Crippen molar-refractivity contribution >= 4 is 51.7 Å². The molecule has 22 heavy (non-hydrogen) atoms. The number of amides is 3. The molecule has 2 aromatic heterocycles. The minimum absolute atomic E-state index is 0.0584. The van der Waals surface area contributed by atoms with E-state index in [0.717, 1.165) is 21.3 Å². The summed E-state index contributed by atoms with van der Waals surface area (Å²) >= 11 is 8.17. The molecule has 0 aliphatic carbocycles. The monoisotopic (exact) mass is 361 g/mol. The van der Waals surface area contributed by atoms with Gasteiger partial charge in [0.2, 0.25) is 5.13 Å². The van der Waals surface area contributed by atoms with Crippen LogP contribution in [0.4, 0.5) is 14.7 Å². The maximum atomic E-state index is 11.7. The number of carbonyl (C=O) groups is 2. The smallest absolute Gasteiger partial charge is 0.407 e. The molecule has 3 amide bonds. The summed E-state index contributed by atoms with van der Waals surface area (Å²) in [4.78, 5) is 28.4. The van der Waals surface area contributed by atoms with E-state index < -0.39 is 12.1 Å². The second kappa shape index (κ2) is 7.38. The molecule has 0 spiro atoms. The van der Waals surface area contributed by atoms with Gasteiger partial charge in [0.05, 0.1) is 17.4 Å². The maximum absolute atomic E-state index is 11.7. The van der Waals surface area contributed by atoms with Gasteiger partial charge in [0.1, 0.15) is 0 Å². The number of hydrogen-bond donors (Lipinski definition) is 3. The number of halogens is 1. The maximum Gasteiger partial charge on any atom is 0.407 e. The van der Waals surface area contributed by atoms with Gasteiger partial charge in [0, 0.05) is 23.5 Å². The van der Waals surface area contributed by atoms with Crippen molar-refractivity contribution in [3.63, 3.8) is 0 Å². The second-order valence-corrected chi connectivity index (χ2v) is 6.72. The molecule has 0 saturated heterocycles. The largest absolute Gasteiger partial charge is 0.465 e. The molecular formula is C11H12ClN5O3S2. The topological polar surface area (TPSA) is 107 Å². The Hall–Kier alpha value is -1.91. The van der Waals surface area contributed by atoms with Crippen LogP contribution in [0.2, 0.25) is 4.34 Å². The molecule has 0 aliphatic heterocycles. The Labute approximate surface area is 138 Å². The van der Waals surface area contributed by atoms with Crippen LogP contribution in [0.3, 0.4) is 0 Å². The van der Waals surface area contributed by atoms with E-state index in [4.69, 9.17) is 16.7 Å². The van der Waals surface area contributed by atoms with Gasteiger partial charge < -0.3 is 15.3 Å². The molecule has 2 rings (SSSR count). The lowest BCUT2D eigenvalue weighted by Crippen LogP contribution is -2.28. The number of urea groups is 1. The molecule has 2 heterocycles. The highest BCUT2D eigenvalue weighted by molar-refractivity contribution is 7.16. The van der Waals surface area contributed by atoms with Crippen LogP contribution >= 0.6 is 34.5 Å². The Morgan fingerprint density at radius 3 is 2.86 bits per heavy atom. The summed E-state index contributed by atoms with van der Waals surface area (Å²) in [7, 11) is 1.41. The average Bonchev–Trinajstić information content (AvgIpc) is 3.05. The summed E-state index contributed by atoms with van der Waals surface area (Å²) < 4.78 is 4.64. The summed E-state index contributed by atoms with van der Waals surface area (Å²) in [6, 6.07) is 3.17. The summed E-state index contributed by atoms with van der Waals surface area (Å²) in [6.07, 6.45) is -1.07. The molecule has 0 unspecified atom stereocenters. The van der Waals surface area contributed by atoms with E-state index in [2.05, 4.69) is 20.0 Å². The number of nitrogens with zero attached hydrogens (tertiary/aromatic N) is 3. The third-order valence-corrected chi connectivity index (χ3v) is 4.35. The fraction of sp³-hybridized carbons (Fsp3) is 0.273. The van der Waals surface area contributed by atoms with Crippen molar-refractivity contribution in [1.29, 1.82) is 0 Å². The molecular weight excluding hydrogens is 350 g/mol.